The molecule has 1 heterocycles. The zero-order valence-corrected chi connectivity index (χ0v) is 20.1. The van der Waals surface area contributed by atoms with E-state index in [-0.39, 0.29) is 35.4 Å². The molecule has 1 aliphatic rings. The lowest BCUT2D eigenvalue weighted by molar-refractivity contribution is -0.141. The third-order valence-electron chi connectivity index (χ3n) is 5.84. The summed E-state index contributed by atoms with van der Waals surface area (Å²) in [5, 5.41) is 2.85. The van der Waals surface area contributed by atoms with Crippen molar-refractivity contribution in [2.75, 3.05) is 6.54 Å². The average molecular weight is 490 g/mol. The number of rotatable bonds is 9. The highest BCUT2D eigenvalue weighted by atomic mass is 32.2. The minimum absolute atomic E-state index is 0.00180. The van der Waals surface area contributed by atoms with E-state index in [1.54, 1.807) is 13.0 Å². The molecule has 0 saturated heterocycles. The maximum atomic E-state index is 13.4. The Balaban J connectivity index is 1.92. The summed E-state index contributed by atoms with van der Waals surface area (Å²) in [6, 6.07) is 10.2. The van der Waals surface area contributed by atoms with Crippen molar-refractivity contribution in [1.29, 1.82) is 0 Å². The van der Waals surface area contributed by atoms with E-state index in [1.807, 2.05) is 13.8 Å². The number of amides is 3. The van der Waals surface area contributed by atoms with Gasteiger partial charge in [-0.1, -0.05) is 38.1 Å². The van der Waals surface area contributed by atoms with Gasteiger partial charge in [-0.3, -0.25) is 14.4 Å². The lowest BCUT2D eigenvalue weighted by atomic mass is 10.1. The summed E-state index contributed by atoms with van der Waals surface area (Å²) in [4.78, 5) is 40.3. The highest BCUT2D eigenvalue weighted by Crippen LogP contribution is 2.30. The van der Waals surface area contributed by atoms with E-state index in [0.717, 1.165) is 0 Å². The molecule has 0 radical (unpaired) electrons. The van der Waals surface area contributed by atoms with Crippen molar-refractivity contribution < 1.29 is 27.2 Å². The third kappa shape index (κ3) is 5.11. The van der Waals surface area contributed by atoms with Crippen molar-refractivity contribution in [3.05, 3.63) is 65.5 Å². The average Bonchev–Trinajstić information content (AvgIpc) is 3.00. The lowest BCUT2D eigenvalue weighted by Gasteiger charge is -2.32. The number of nitrogens with zero attached hydrogens (tertiary/aromatic N) is 2. The first-order valence-corrected chi connectivity index (χ1v) is 12.5. The molecule has 1 aliphatic heterocycles. The number of nitrogens with one attached hydrogen (secondary N) is 1. The molecule has 0 fully saturated rings. The van der Waals surface area contributed by atoms with E-state index in [4.69, 9.17) is 0 Å². The van der Waals surface area contributed by atoms with Crippen LogP contribution in [0.3, 0.4) is 0 Å². The maximum absolute atomic E-state index is 13.4. The van der Waals surface area contributed by atoms with Crippen molar-refractivity contribution in [2.24, 2.45) is 0 Å². The van der Waals surface area contributed by atoms with Crippen LogP contribution in [0.2, 0.25) is 0 Å². The summed E-state index contributed by atoms with van der Waals surface area (Å²) in [5.74, 6) is -2.33. The fraction of sp³-hybridized carbons (Fsp3) is 0.375. The molecule has 0 aromatic heterocycles. The molecule has 0 bridgehead atoms. The highest BCUT2D eigenvalue weighted by Gasteiger charge is 2.43. The van der Waals surface area contributed by atoms with Crippen LogP contribution in [0.1, 0.15) is 49.5 Å². The quantitative estimate of drug-likeness (QED) is 0.583. The smallest absolute Gasteiger partial charge is 0.269 e. The Morgan fingerprint density at radius 1 is 1.06 bits per heavy atom. The Hall–Kier alpha value is -3.27. The molecule has 8 nitrogen and oxygen atoms in total. The predicted octanol–water partition coefficient (Wildman–Crippen LogP) is 2.69. The fourth-order valence-corrected chi connectivity index (χ4v) is 5.27. The number of hydrogen-bond donors (Lipinski definition) is 1. The minimum atomic E-state index is -4.19. The Kier molecular flexibility index (Phi) is 7.71. The molecule has 0 spiro atoms. The number of fused-ring (bicyclic) bond motifs is 1. The summed E-state index contributed by atoms with van der Waals surface area (Å²) in [6.45, 7) is 4.68. The predicted molar refractivity (Wildman–Crippen MR) is 124 cm³/mol. The Labute approximate surface area is 198 Å². The van der Waals surface area contributed by atoms with Crippen molar-refractivity contribution in [1.82, 2.24) is 14.5 Å². The second-order valence-electron chi connectivity index (χ2n) is 8.20. The van der Waals surface area contributed by atoms with Gasteiger partial charge in [-0.25, -0.2) is 17.1 Å². The van der Waals surface area contributed by atoms with Crippen LogP contribution in [-0.2, 0) is 26.2 Å². The first-order valence-electron chi connectivity index (χ1n) is 11.1. The second-order valence-corrected chi connectivity index (χ2v) is 10.0. The standard InChI is InChI=1S/C24H28FN3O5S/c1-4-16(3)26-23(30)20(5-2)27(14-17-10-12-18(25)13-11-17)22(29)15-28-24(31)19-8-6-7-9-21(19)34(28,32)33/h6-13,16,20H,4-5,14-15H2,1-3H3,(H,26,30)/t16-,20-/m1/s1. The largest absolute Gasteiger partial charge is 0.352 e. The molecule has 182 valence electrons. The van der Waals surface area contributed by atoms with Crippen LogP contribution in [0, 0.1) is 5.82 Å². The van der Waals surface area contributed by atoms with E-state index in [0.29, 0.717) is 16.3 Å². The van der Waals surface area contributed by atoms with Crippen molar-refractivity contribution >= 4 is 27.7 Å². The molecule has 0 unspecified atom stereocenters. The highest BCUT2D eigenvalue weighted by molar-refractivity contribution is 7.90. The van der Waals surface area contributed by atoms with Gasteiger partial charge in [0.1, 0.15) is 23.3 Å². The summed E-state index contributed by atoms with van der Waals surface area (Å²) in [7, 11) is -4.19. The van der Waals surface area contributed by atoms with Gasteiger partial charge >= 0.3 is 0 Å². The Morgan fingerprint density at radius 2 is 1.71 bits per heavy atom. The number of carbonyl (C=O) groups excluding carboxylic acids is 3. The Morgan fingerprint density at radius 3 is 2.29 bits per heavy atom. The Bertz CT molecular complexity index is 1180. The van der Waals surface area contributed by atoms with Gasteiger partial charge in [0.05, 0.1) is 5.56 Å². The van der Waals surface area contributed by atoms with Gasteiger partial charge in [0, 0.05) is 12.6 Å². The van der Waals surface area contributed by atoms with E-state index in [2.05, 4.69) is 5.32 Å². The van der Waals surface area contributed by atoms with Gasteiger partial charge in [-0.05, 0) is 49.6 Å². The van der Waals surface area contributed by atoms with Gasteiger partial charge in [0.2, 0.25) is 11.8 Å². The molecule has 2 aromatic carbocycles. The number of halogens is 1. The van der Waals surface area contributed by atoms with Crippen LogP contribution >= 0.6 is 0 Å². The third-order valence-corrected chi connectivity index (χ3v) is 7.63. The maximum Gasteiger partial charge on any atom is 0.269 e. The molecule has 2 aromatic rings. The molecule has 10 heteroatoms. The molecule has 0 aliphatic carbocycles. The first-order chi connectivity index (χ1) is 16.1. The van der Waals surface area contributed by atoms with E-state index >= 15 is 0 Å². The molecule has 2 atom stereocenters. The monoisotopic (exact) mass is 489 g/mol. The van der Waals surface area contributed by atoms with Gasteiger partial charge < -0.3 is 10.2 Å². The van der Waals surface area contributed by atoms with Crippen LogP contribution in [-0.4, -0.2) is 54.0 Å². The fourth-order valence-electron chi connectivity index (χ4n) is 3.75. The summed E-state index contributed by atoms with van der Waals surface area (Å²) in [5.41, 5.74) is 0.561. The number of sulfonamides is 1. The number of benzene rings is 2. The van der Waals surface area contributed by atoms with Crippen LogP contribution < -0.4 is 5.32 Å². The molecule has 34 heavy (non-hydrogen) atoms. The summed E-state index contributed by atoms with van der Waals surface area (Å²) in [6.07, 6.45) is 0.947. The summed E-state index contributed by atoms with van der Waals surface area (Å²) < 4.78 is 39.8. The molecule has 3 rings (SSSR count). The van der Waals surface area contributed by atoms with Crippen LogP contribution in [0.5, 0.6) is 0 Å². The van der Waals surface area contributed by atoms with Gasteiger partial charge in [-0.2, -0.15) is 0 Å². The molecule has 0 saturated carbocycles. The van der Waals surface area contributed by atoms with Crippen molar-refractivity contribution in [3.8, 4) is 0 Å². The molecular formula is C24H28FN3O5S. The van der Waals surface area contributed by atoms with Gasteiger partial charge in [-0.15, -0.1) is 0 Å². The SMILES string of the molecule is CC[C@@H](C)NC(=O)[C@@H](CC)N(Cc1ccc(F)cc1)C(=O)CN1C(=O)c2ccccc2S1(=O)=O. The normalized spacial score (nSPS) is 16.0. The first kappa shape index (κ1) is 25.4. The van der Waals surface area contributed by atoms with Crippen LogP contribution in [0.15, 0.2) is 53.4 Å². The van der Waals surface area contributed by atoms with E-state index in [1.165, 1.54) is 47.4 Å². The van der Waals surface area contributed by atoms with Crippen LogP contribution in [0.25, 0.3) is 0 Å². The zero-order chi connectivity index (χ0) is 25.0. The lowest BCUT2D eigenvalue weighted by Crippen LogP contribution is -2.53. The van der Waals surface area contributed by atoms with E-state index in [9.17, 15) is 27.2 Å². The van der Waals surface area contributed by atoms with Crippen LogP contribution in [0.4, 0.5) is 4.39 Å². The molecular weight excluding hydrogens is 461 g/mol. The van der Waals surface area contributed by atoms with Crippen molar-refractivity contribution in [3.63, 3.8) is 0 Å². The second kappa shape index (κ2) is 10.3. The molecule has 3 amide bonds. The van der Waals surface area contributed by atoms with Crippen molar-refractivity contribution in [2.45, 2.75) is 57.1 Å². The molecule has 1 N–H and O–H groups in total. The number of hydrogen-bond acceptors (Lipinski definition) is 5. The minimum Gasteiger partial charge on any atom is -0.352 e. The zero-order valence-electron chi connectivity index (χ0n) is 19.3. The number of carbonyl (C=O) groups is 3. The topological polar surface area (TPSA) is 104 Å². The van der Waals surface area contributed by atoms with Gasteiger partial charge in [0.25, 0.3) is 15.9 Å². The van der Waals surface area contributed by atoms with E-state index < -0.39 is 40.2 Å². The summed E-state index contributed by atoms with van der Waals surface area (Å²) >= 11 is 0. The van der Waals surface area contributed by atoms with Gasteiger partial charge in [0.15, 0.2) is 0 Å².